The van der Waals surface area contributed by atoms with E-state index in [0.29, 0.717) is 12.4 Å². The van der Waals surface area contributed by atoms with Gasteiger partial charge in [0.15, 0.2) is 0 Å². The van der Waals surface area contributed by atoms with Crippen molar-refractivity contribution < 1.29 is 22.1 Å². The molecule has 0 saturated heterocycles. The van der Waals surface area contributed by atoms with Gasteiger partial charge in [-0.3, -0.25) is 0 Å². The van der Waals surface area contributed by atoms with E-state index in [1.54, 1.807) is 6.92 Å². The lowest BCUT2D eigenvalue weighted by molar-refractivity contribution is 0.0762. The van der Waals surface area contributed by atoms with Gasteiger partial charge in [0, 0.05) is 6.07 Å². The number of rotatable bonds is 2. The molecule has 0 atom stereocenters. The van der Waals surface area contributed by atoms with Gasteiger partial charge in [-0.15, -0.1) is 0 Å². The first-order valence-corrected chi connectivity index (χ1v) is 5.71. The Balaban J connectivity index is 2.57. The first kappa shape index (κ1) is 9.97. The Kier molecular flexibility index (Phi) is 2.15. The highest BCUT2D eigenvalue weighted by atomic mass is 32.2. The Labute approximate surface area is 86.7 Å². The quantitative estimate of drug-likeness (QED) is 0.705. The van der Waals surface area contributed by atoms with Gasteiger partial charge in [0.25, 0.3) is 0 Å². The summed E-state index contributed by atoms with van der Waals surface area (Å²) in [5.74, 6) is -0.439. The number of hydrogen-bond acceptors (Lipinski definition) is 5. The highest BCUT2D eigenvalue weighted by Crippen LogP contribution is 2.30. The van der Waals surface area contributed by atoms with Gasteiger partial charge in [0.1, 0.15) is 10.6 Å². The average molecular weight is 228 g/mol. The topological polar surface area (TPSA) is 69.7 Å². The fourth-order valence-corrected chi connectivity index (χ4v) is 2.38. The molecule has 6 heteroatoms. The van der Waals surface area contributed by atoms with Crippen LogP contribution in [0.15, 0.2) is 23.1 Å². The van der Waals surface area contributed by atoms with Crippen LogP contribution in [0, 0.1) is 0 Å². The summed E-state index contributed by atoms with van der Waals surface area (Å²) in [6.45, 7) is 2.21. The molecule has 1 aromatic rings. The Morgan fingerprint density at radius 2 is 2.13 bits per heavy atom. The van der Waals surface area contributed by atoms with Gasteiger partial charge >= 0.3 is 16.1 Å². The number of carbonyl (C=O) groups excluding carboxylic acids is 1. The molecule has 0 unspecified atom stereocenters. The minimum absolute atomic E-state index is 0.0541. The minimum atomic E-state index is -3.93. The normalized spacial score (nSPS) is 17.0. The van der Waals surface area contributed by atoms with Crippen molar-refractivity contribution in [3.8, 4) is 5.75 Å². The van der Waals surface area contributed by atoms with E-state index in [2.05, 4.69) is 4.18 Å². The Morgan fingerprint density at radius 1 is 1.40 bits per heavy atom. The predicted molar refractivity (Wildman–Crippen MR) is 50.2 cm³/mol. The van der Waals surface area contributed by atoms with E-state index < -0.39 is 16.1 Å². The van der Waals surface area contributed by atoms with Gasteiger partial charge < -0.3 is 8.92 Å². The number of fused-ring (bicyclic) bond motifs is 1. The largest absolute Gasteiger partial charge is 0.494 e. The van der Waals surface area contributed by atoms with E-state index in [9.17, 15) is 13.2 Å². The maximum absolute atomic E-state index is 11.3. The minimum Gasteiger partial charge on any atom is -0.494 e. The van der Waals surface area contributed by atoms with Crippen LogP contribution in [0.5, 0.6) is 5.75 Å². The van der Waals surface area contributed by atoms with Crippen molar-refractivity contribution in [2.75, 3.05) is 6.61 Å². The molecule has 15 heavy (non-hydrogen) atoms. The third kappa shape index (κ3) is 1.56. The van der Waals surface area contributed by atoms with Crippen LogP contribution in [0.1, 0.15) is 17.3 Å². The summed E-state index contributed by atoms with van der Waals surface area (Å²) in [4.78, 5) is 11.0. The summed E-state index contributed by atoms with van der Waals surface area (Å²) >= 11 is 0. The highest BCUT2D eigenvalue weighted by molar-refractivity contribution is 7.87. The number of hydrogen-bond donors (Lipinski definition) is 0. The van der Waals surface area contributed by atoms with E-state index in [4.69, 9.17) is 4.74 Å². The van der Waals surface area contributed by atoms with E-state index in [0.717, 1.165) is 0 Å². The molecule has 0 radical (unpaired) electrons. The molecular weight excluding hydrogens is 220 g/mol. The molecule has 0 bridgehead atoms. The molecule has 0 saturated carbocycles. The Bertz CT molecular complexity index is 517. The standard InChI is InChI=1S/C9H8O5S/c1-2-13-6-3-4-7-8(5-6)15(11,12)14-9(7)10/h3-5H,2H2,1H3. The van der Waals surface area contributed by atoms with Gasteiger partial charge in [-0.25, -0.2) is 4.79 Å². The predicted octanol–water partition coefficient (Wildman–Crippen LogP) is 0.944. The molecule has 0 aromatic heterocycles. The van der Waals surface area contributed by atoms with Crippen LogP contribution in [-0.2, 0) is 14.3 Å². The number of ether oxygens (including phenoxy) is 1. The molecule has 2 rings (SSSR count). The second kappa shape index (κ2) is 3.23. The summed E-state index contributed by atoms with van der Waals surface area (Å²) in [6.07, 6.45) is 0. The van der Waals surface area contributed by atoms with Gasteiger partial charge in [-0.1, -0.05) is 0 Å². The monoisotopic (exact) mass is 228 g/mol. The van der Waals surface area contributed by atoms with Crippen LogP contribution in [0.4, 0.5) is 0 Å². The molecule has 1 aliphatic rings. The average Bonchev–Trinajstić information content (AvgIpc) is 2.38. The van der Waals surface area contributed by atoms with Crippen molar-refractivity contribution in [3.63, 3.8) is 0 Å². The first-order chi connectivity index (χ1) is 7.04. The van der Waals surface area contributed by atoms with Crippen LogP contribution in [0.2, 0.25) is 0 Å². The molecule has 1 heterocycles. The van der Waals surface area contributed by atoms with Crippen molar-refractivity contribution in [2.24, 2.45) is 0 Å². The Hall–Kier alpha value is -1.56. The molecule has 0 fully saturated rings. The maximum atomic E-state index is 11.3. The maximum Gasteiger partial charge on any atom is 0.355 e. The number of benzene rings is 1. The fraction of sp³-hybridized carbons (Fsp3) is 0.222. The zero-order chi connectivity index (χ0) is 11.1. The second-order valence-corrected chi connectivity index (χ2v) is 4.43. The fourth-order valence-electron chi connectivity index (χ4n) is 1.32. The highest BCUT2D eigenvalue weighted by Gasteiger charge is 2.35. The lowest BCUT2D eigenvalue weighted by Gasteiger charge is -2.02. The van der Waals surface area contributed by atoms with E-state index in [1.807, 2.05) is 0 Å². The summed E-state index contributed by atoms with van der Waals surface area (Å²) in [5, 5.41) is 0. The van der Waals surface area contributed by atoms with E-state index >= 15 is 0 Å². The smallest absolute Gasteiger partial charge is 0.355 e. The van der Waals surface area contributed by atoms with Crippen LogP contribution < -0.4 is 4.74 Å². The third-order valence-electron chi connectivity index (χ3n) is 1.94. The summed E-state index contributed by atoms with van der Waals surface area (Å²) in [5.41, 5.74) is 0.0541. The molecular formula is C9H8O5S. The molecule has 1 aliphatic heterocycles. The SMILES string of the molecule is CCOc1ccc2c(c1)S(=O)(=O)OC2=O. The second-order valence-electron chi connectivity index (χ2n) is 2.92. The summed E-state index contributed by atoms with van der Waals surface area (Å²) in [7, 11) is -3.93. The van der Waals surface area contributed by atoms with E-state index in [1.165, 1.54) is 18.2 Å². The molecule has 0 spiro atoms. The molecule has 0 N–H and O–H groups in total. The molecule has 0 amide bonds. The summed E-state index contributed by atoms with van der Waals surface area (Å²) in [6, 6.07) is 4.21. The zero-order valence-electron chi connectivity index (χ0n) is 7.89. The van der Waals surface area contributed by atoms with Crippen molar-refractivity contribution in [2.45, 2.75) is 11.8 Å². The van der Waals surface area contributed by atoms with Gasteiger partial charge in [0.05, 0.1) is 12.2 Å². The van der Waals surface area contributed by atoms with Crippen molar-refractivity contribution in [1.82, 2.24) is 0 Å². The third-order valence-corrected chi connectivity index (χ3v) is 3.19. The lowest BCUT2D eigenvalue weighted by Crippen LogP contribution is -1.99. The van der Waals surface area contributed by atoms with Gasteiger partial charge in [-0.05, 0) is 19.1 Å². The Morgan fingerprint density at radius 3 is 2.80 bits per heavy atom. The van der Waals surface area contributed by atoms with Crippen LogP contribution >= 0.6 is 0 Å². The molecule has 1 aromatic carbocycles. The lowest BCUT2D eigenvalue weighted by atomic mass is 10.2. The van der Waals surface area contributed by atoms with Crippen LogP contribution in [0.25, 0.3) is 0 Å². The van der Waals surface area contributed by atoms with Crippen molar-refractivity contribution >= 4 is 16.1 Å². The molecule has 0 aliphatic carbocycles. The zero-order valence-corrected chi connectivity index (χ0v) is 8.71. The van der Waals surface area contributed by atoms with Crippen LogP contribution in [0.3, 0.4) is 0 Å². The van der Waals surface area contributed by atoms with Gasteiger partial charge in [-0.2, -0.15) is 8.42 Å². The first-order valence-electron chi connectivity index (χ1n) is 4.30. The summed E-state index contributed by atoms with van der Waals surface area (Å²) < 4.78 is 32.0. The van der Waals surface area contributed by atoms with E-state index in [-0.39, 0.29) is 10.5 Å². The number of carbonyl (C=O) groups is 1. The van der Waals surface area contributed by atoms with Crippen molar-refractivity contribution in [3.05, 3.63) is 23.8 Å². The van der Waals surface area contributed by atoms with Gasteiger partial charge in [0.2, 0.25) is 0 Å². The molecule has 80 valence electrons. The molecule has 5 nitrogen and oxygen atoms in total. The van der Waals surface area contributed by atoms with Crippen molar-refractivity contribution in [1.29, 1.82) is 0 Å². The van der Waals surface area contributed by atoms with Crippen LogP contribution in [-0.4, -0.2) is 21.0 Å².